The first-order valence-corrected chi connectivity index (χ1v) is 6.77. The highest BCUT2D eigenvalue weighted by Crippen LogP contribution is 2.31. The molecule has 5 nitrogen and oxygen atoms in total. The molecule has 19 heavy (non-hydrogen) atoms. The molecule has 7 heteroatoms. The number of hydrogen-bond acceptors (Lipinski definition) is 4. The summed E-state index contributed by atoms with van der Waals surface area (Å²) in [6.07, 6.45) is 1.06. The Kier molecular flexibility index (Phi) is 4.36. The van der Waals surface area contributed by atoms with Gasteiger partial charge in [-0.05, 0) is 35.3 Å². The maximum atomic E-state index is 13.3. The average molecular weight is 333 g/mol. The summed E-state index contributed by atoms with van der Waals surface area (Å²) in [5.41, 5.74) is 0.0599. The van der Waals surface area contributed by atoms with Gasteiger partial charge in [-0.1, -0.05) is 0 Å². The highest BCUT2D eigenvalue weighted by Gasteiger charge is 2.25. The van der Waals surface area contributed by atoms with Crippen molar-refractivity contribution in [2.45, 2.75) is 19.4 Å². The molecule has 2 rings (SSSR count). The lowest BCUT2D eigenvalue weighted by Gasteiger charge is -2.15. The Bertz CT molecular complexity index is 498. The van der Waals surface area contributed by atoms with E-state index >= 15 is 0 Å². The molecule has 1 fully saturated rings. The largest absolute Gasteiger partial charge is 0.379 e. The second kappa shape index (κ2) is 5.83. The predicted octanol–water partition coefficient (Wildman–Crippen LogP) is 3.33. The second-order valence-electron chi connectivity index (χ2n) is 4.55. The molecular formula is C12H14BrFN2O3. The van der Waals surface area contributed by atoms with E-state index in [2.05, 4.69) is 21.2 Å². The molecule has 0 saturated carbocycles. The molecule has 0 aromatic heterocycles. The maximum absolute atomic E-state index is 13.3. The van der Waals surface area contributed by atoms with E-state index in [1.54, 1.807) is 0 Å². The molecule has 0 bridgehead atoms. The third kappa shape index (κ3) is 3.22. The van der Waals surface area contributed by atoms with Gasteiger partial charge in [0.05, 0.1) is 21.6 Å². The van der Waals surface area contributed by atoms with E-state index in [0.29, 0.717) is 24.8 Å². The lowest BCUT2D eigenvalue weighted by molar-refractivity contribution is -0.384. The van der Waals surface area contributed by atoms with Crippen LogP contribution in [0.2, 0.25) is 0 Å². The second-order valence-corrected chi connectivity index (χ2v) is 5.40. The van der Waals surface area contributed by atoms with E-state index in [1.807, 2.05) is 6.92 Å². The van der Waals surface area contributed by atoms with Crippen molar-refractivity contribution in [3.8, 4) is 0 Å². The van der Waals surface area contributed by atoms with Crippen molar-refractivity contribution in [3.63, 3.8) is 0 Å². The fourth-order valence-electron chi connectivity index (χ4n) is 2.11. The SMILES string of the molecule is CC1OCCC1CNc1cc(Br)c(F)cc1[N+](=O)[O-]. The normalized spacial score (nSPS) is 22.5. The number of anilines is 1. The van der Waals surface area contributed by atoms with Gasteiger partial charge in [-0.25, -0.2) is 4.39 Å². The van der Waals surface area contributed by atoms with Gasteiger partial charge in [0.15, 0.2) is 0 Å². The van der Waals surface area contributed by atoms with Crippen molar-refractivity contribution in [3.05, 3.63) is 32.5 Å². The van der Waals surface area contributed by atoms with Crippen LogP contribution in [-0.4, -0.2) is 24.2 Å². The number of nitrogens with one attached hydrogen (secondary N) is 1. The summed E-state index contributed by atoms with van der Waals surface area (Å²) in [6, 6.07) is 2.31. The van der Waals surface area contributed by atoms with Crippen molar-refractivity contribution in [1.82, 2.24) is 0 Å². The van der Waals surface area contributed by atoms with E-state index in [9.17, 15) is 14.5 Å². The quantitative estimate of drug-likeness (QED) is 0.678. The van der Waals surface area contributed by atoms with Gasteiger partial charge in [0.2, 0.25) is 0 Å². The number of benzene rings is 1. The summed E-state index contributed by atoms with van der Waals surface area (Å²) in [7, 11) is 0. The Morgan fingerprint density at radius 3 is 2.95 bits per heavy atom. The first-order chi connectivity index (χ1) is 8.99. The Labute approximate surface area is 118 Å². The predicted molar refractivity (Wildman–Crippen MR) is 72.8 cm³/mol. The Morgan fingerprint density at radius 2 is 2.37 bits per heavy atom. The molecule has 1 aliphatic rings. The first kappa shape index (κ1) is 14.2. The van der Waals surface area contributed by atoms with Crippen molar-refractivity contribution in [2.24, 2.45) is 5.92 Å². The number of nitro groups is 1. The topological polar surface area (TPSA) is 64.4 Å². The molecule has 1 aromatic carbocycles. The standard InChI is InChI=1S/C12H14BrFN2O3/c1-7-8(2-3-19-7)6-15-11-4-9(13)10(14)5-12(11)16(17)18/h4-5,7-8,15H,2-3,6H2,1H3. The van der Waals surface area contributed by atoms with Gasteiger partial charge in [0.25, 0.3) is 5.69 Å². The number of rotatable bonds is 4. The molecule has 2 atom stereocenters. The van der Waals surface area contributed by atoms with Crippen LogP contribution in [-0.2, 0) is 4.74 Å². The average Bonchev–Trinajstić information content (AvgIpc) is 2.75. The number of nitro benzene ring substituents is 1. The molecule has 1 aromatic rings. The minimum atomic E-state index is -0.644. The van der Waals surface area contributed by atoms with Crippen LogP contribution in [0.25, 0.3) is 0 Å². The molecule has 1 saturated heterocycles. The van der Waals surface area contributed by atoms with Gasteiger partial charge < -0.3 is 10.1 Å². The zero-order valence-electron chi connectivity index (χ0n) is 10.4. The summed E-state index contributed by atoms with van der Waals surface area (Å²) >= 11 is 3.03. The van der Waals surface area contributed by atoms with Gasteiger partial charge in [-0.2, -0.15) is 0 Å². The van der Waals surface area contributed by atoms with E-state index in [1.165, 1.54) is 6.07 Å². The van der Waals surface area contributed by atoms with Crippen LogP contribution in [0.5, 0.6) is 0 Å². The van der Waals surface area contributed by atoms with Crippen LogP contribution in [0.15, 0.2) is 16.6 Å². The van der Waals surface area contributed by atoms with Crippen LogP contribution in [0, 0.1) is 21.8 Å². The van der Waals surface area contributed by atoms with E-state index in [-0.39, 0.29) is 16.3 Å². The molecule has 1 aliphatic heterocycles. The monoisotopic (exact) mass is 332 g/mol. The van der Waals surface area contributed by atoms with Crippen LogP contribution in [0.4, 0.5) is 15.8 Å². The van der Waals surface area contributed by atoms with Gasteiger partial charge in [0.1, 0.15) is 11.5 Å². The molecule has 2 unspecified atom stereocenters. The minimum Gasteiger partial charge on any atom is -0.379 e. The Hall–Kier alpha value is -1.21. The molecule has 0 spiro atoms. The van der Waals surface area contributed by atoms with Gasteiger partial charge in [-0.15, -0.1) is 0 Å². The van der Waals surface area contributed by atoms with E-state index < -0.39 is 10.7 Å². The molecule has 0 amide bonds. The number of halogens is 2. The summed E-state index contributed by atoms with van der Waals surface area (Å²) in [6.45, 7) is 3.26. The maximum Gasteiger partial charge on any atom is 0.295 e. The van der Waals surface area contributed by atoms with Gasteiger partial charge >= 0.3 is 0 Å². The molecular weight excluding hydrogens is 319 g/mol. The molecule has 1 N–H and O–H groups in total. The number of ether oxygens (including phenoxy) is 1. The third-order valence-electron chi connectivity index (χ3n) is 3.32. The van der Waals surface area contributed by atoms with Crippen molar-refractivity contribution >= 4 is 27.3 Å². The van der Waals surface area contributed by atoms with Gasteiger partial charge in [-0.3, -0.25) is 10.1 Å². The minimum absolute atomic E-state index is 0.135. The van der Waals surface area contributed by atoms with Crippen molar-refractivity contribution in [2.75, 3.05) is 18.5 Å². The molecule has 104 valence electrons. The number of nitrogens with zero attached hydrogens (tertiary/aromatic N) is 1. The fourth-order valence-corrected chi connectivity index (χ4v) is 2.46. The Balaban J connectivity index is 2.14. The fraction of sp³-hybridized carbons (Fsp3) is 0.500. The van der Waals surface area contributed by atoms with Crippen molar-refractivity contribution in [1.29, 1.82) is 0 Å². The highest BCUT2D eigenvalue weighted by molar-refractivity contribution is 9.10. The van der Waals surface area contributed by atoms with Crippen molar-refractivity contribution < 1.29 is 14.1 Å². The van der Waals surface area contributed by atoms with Crippen LogP contribution >= 0.6 is 15.9 Å². The zero-order chi connectivity index (χ0) is 14.0. The zero-order valence-corrected chi connectivity index (χ0v) is 11.9. The summed E-state index contributed by atoms with van der Waals surface area (Å²) in [5, 5.41) is 13.9. The Morgan fingerprint density at radius 1 is 1.63 bits per heavy atom. The third-order valence-corrected chi connectivity index (χ3v) is 3.93. The van der Waals surface area contributed by atoms with Crippen LogP contribution in [0.3, 0.4) is 0 Å². The molecule has 0 radical (unpaired) electrons. The summed E-state index contributed by atoms with van der Waals surface area (Å²) in [5.74, 6) is -0.335. The molecule has 1 heterocycles. The van der Waals surface area contributed by atoms with Crippen LogP contribution in [0.1, 0.15) is 13.3 Å². The lowest BCUT2D eigenvalue weighted by Crippen LogP contribution is -2.21. The first-order valence-electron chi connectivity index (χ1n) is 5.98. The van der Waals surface area contributed by atoms with E-state index in [0.717, 1.165) is 12.5 Å². The summed E-state index contributed by atoms with van der Waals surface area (Å²) in [4.78, 5) is 10.3. The van der Waals surface area contributed by atoms with Gasteiger partial charge in [0, 0.05) is 19.1 Å². The number of hydrogen-bond donors (Lipinski definition) is 1. The molecule has 0 aliphatic carbocycles. The highest BCUT2D eigenvalue weighted by atomic mass is 79.9. The van der Waals surface area contributed by atoms with E-state index in [4.69, 9.17) is 4.74 Å². The summed E-state index contributed by atoms with van der Waals surface area (Å²) < 4.78 is 19.0. The van der Waals surface area contributed by atoms with Crippen LogP contribution < -0.4 is 5.32 Å². The smallest absolute Gasteiger partial charge is 0.295 e. The lowest BCUT2D eigenvalue weighted by atomic mass is 10.0.